The number of unbranched alkanes of at least 4 members (excludes halogenated alkanes) is 9. The van der Waals surface area contributed by atoms with Crippen LogP contribution in [0.4, 0.5) is 0 Å². The van der Waals surface area contributed by atoms with Gasteiger partial charge in [-0.15, -0.1) is 0 Å². The van der Waals surface area contributed by atoms with E-state index in [0.29, 0.717) is 13.0 Å². The van der Waals surface area contributed by atoms with E-state index in [1.807, 2.05) is 21.6 Å². The van der Waals surface area contributed by atoms with Gasteiger partial charge in [-0.1, -0.05) is 73.0 Å². The SMILES string of the molecule is O=C(CCCCC1CCSS1)OCCCCCCCCCCCOC(=O)c1cc(O)c(O)c(O)c1. The Morgan fingerprint density at radius 3 is 1.94 bits per heavy atom. The summed E-state index contributed by atoms with van der Waals surface area (Å²) in [5.74, 6) is -1.20. The number of phenols is 3. The summed E-state index contributed by atoms with van der Waals surface area (Å²) in [6, 6.07) is 2.14. The maximum absolute atomic E-state index is 11.9. The Bertz CT molecular complexity index is 743. The number of hydrogen-bond acceptors (Lipinski definition) is 9. The third-order valence-electron chi connectivity index (χ3n) is 5.97. The van der Waals surface area contributed by atoms with Crippen molar-refractivity contribution in [3.63, 3.8) is 0 Å². The fourth-order valence-corrected chi connectivity index (χ4v) is 6.90. The highest BCUT2D eigenvalue weighted by Crippen LogP contribution is 2.40. The minimum absolute atomic E-state index is 0.000641. The van der Waals surface area contributed by atoms with Crippen molar-refractivity contribution in [2.24, 2.45) is 0 Å². The zero-order valence-electron chi connectivity index (χ0n) is 20.5. The smallest absolute Gasteiger partial charge is 0.338 e. The monoisotopic (exact) mass is 528 g/mol. The van der Waals surface area contributed by atoms with E-state index in [4.69, 9.17) is 9.47 Å². The average Bonchev–Trinajstić information content (AvgIpc) is 3.36. The Morgan fingerprint density at radius 2 is 1.37 bits per heavy atom. The number of carbonyl (C=O) groups excluding carboxylic acids is 2. The molecule has 0 aliphatic carbocycles. The van der Waals surface area contributed by atoms with E-state index in [1.54, 1.807) is 0 Å². The molecule has 35 heavy (non-hydrogen) atoms. The molecule has 1 atom stereocenters. The van der Waals surface area contributed by atoms with Gasteiger partial charge in [0, 0.05) is 17.4 Å². The maximum Gasteiger partial charge on any atom is 0.338 e. The summed E-state index contributed by atoms with van der Waals surface area (Å²) in [6.07, 6.45) is 14.6. The average molecular weight is 529 g/mol. The molecule has 1 heterocycles. The van der Waals surface area contributed by atoms with Crippen molar-refractivity contribution in [1.29, 1.82) is 0 Å². The Balaban J connectivity index is 1.32. The van der Waals surface area contributed by atoms with Gasteiger partial charge in [-0.2, -0.15) is 0 Å². The molecule has 1 aromatic rings. The van der Waals surface area contributed by atoms with Crippen LogP contribution in [0.5, 0.6) is 17.2 Å². The molecular formula is C26H40O7S2. The van der Waals surface area contributed by atoms with Crippen LogP contribution in [-0.2, 0) is 14.3 Å². The second kappa shape index (κ2) is 17.7. The number of aromatic hydroxyl groups is 3. The summed E-state index contributed by atoms with van der Waals surface area (Å²) in [7, 11) is 3.96. The highest BCUT2D eigenvalue weighted by atomic mass is 33.1. The van der Waals surface area contributed by atoms with Crippen LogP contribution in [0.15, 0.2) is 12.1 Å². The third-order valence-corrected chi connectivity index (χ3v) is 8.98. The quantitative estimate of drug-likeness (QED) is 0.0826. The molecular weight excluding hydrogens is 488 g/mol. The first-order chi connectivity index (χ1) is 17.0. The highest BCUT2D eigenvalue weighted by Gasteiger charge is 2.16. The van der Waals surface area contributed by atoms with Crippen molar-refractivity contribution in [2.45, 2.75) is 95.1 Å². The molecule has 1 aromatic carbocycles. The van der Waals surface area contributed by atoms with Crippen LogP contribution in [0.25, 0.3) is 0 Å². The lowest BCUT2D eigenvalue weighted by Crippen LogP contribution is -2.06. The number of rotatable bonds is 18. The molecule has 198 valence electrons. The fraction of sp³-hybridized carbons (Fsp3) is 0.692. The van der Waals surface area contributed by atoms with E-state index < -0.39 is 23.2 Å². The molecule has 0 amide bonds. The number of hydrogen-bond donors (Lipinski definition) is 3. The lowest BCUT2D eigenvalue weighted by Gasteiger charge is -2.08. The minimum atomic E-state index is -0.654. The molecule has 7 nitrogen and oxygen atoms in total. The first-order valence-corrected chi connectivity index (χ1v) is 15.2. The molecule has 0 aromatic heterocycles. The molecule has 1 unspecified atom stereocenters. The summed E-state index contributed by atoms with van der Waals surface area (Å²) < 4.78 is 10.5. The second-order valence-corrected chi connectivity index (χ2v) is 11.8. The molecule has 1 aliphatic heterocycles. The molecule has 9 heteroatoms. The fourth-order valence-electron chi connectivity index (χ4n) is 3.88. The minimum Gasteiger partial charge on any atom is -0.504 e. The van der Waals surface area contributed by atoms with Gasteiger partial charge in [-0.25, -0.2) is 4.79 Å². The van der Waals surface area contributed by atoms with Crippen molar-refractivity contribution in [2.75, 3.05) is 19.0 Å². The van der Waals surface area contributed by atoms with Crippen molar-refractivity contribution in [1.82, 2.24) is 0 Å². The second-order valence-electron chi connectivity index (χ2n) is 8.98. The Labute approximate surface area is 216 Å². The van der Waals surface area contributed by atoms with Gasteiger partial charge in [0.05, 0.1) is 18.8 Å². The maximum atomic E-state index is 11.9. The topological polar surface area (TPSA) is 113 Å². The van der Waals surface area contributed by atoms with E-state index >= 15 is 0 Å². The zero-order chi connectivity index (χ0) is 25.3. The van der Waals surface area contributed by atoms with Crippen LogP contribution in [0.3, 0.4) is 0 Å². The number of esters is 2. The molecule has 3 N–H and O–H groups in total. The van der Waals surface area contributed by atoms with E-state index in [2.05, 4.69) is 0 Å². The lowest BCUT2D eigenvalue weighted by atomic mass is 10.1. The number of benzene rings is 1. The first-order valence-electron chi connectivity index (χ1n) is 12.8. The zero-order valence-corrected chi connectivity index (χ0v) is 22.2. The first kappa shape index (κ1) is 29.5. The summed E-state index contributed by atoms with van der Waals surface area (Å²) in [5, 5.41) is 29.0. The van der Waals surface area contributed by atoms with Crippen molar-refractivity contribution in [3.8, 4) is 17.2 Å². The molecule has 1 saturated heterocycles. The molecule has 0 bridgehead atoms. The van der Waals surface area contributed by atoms with Crippen molar-refractivity contribution < 1.29 is 34.4 Å². The number of carbonyl (C=O) groups is 2. The van der Waals surface area contributed by atoms with Gasteiger partial charge >= 0.3 is 11.9 Å². The van der Waals surface area contributed by atoms with Crippen LogP contribution in [0.1, 0.15) is 100 Å². The predicted octanol–water partition coefficient (Wildman–Crippen LogP) is 6.73. The molecule has 1 aliphatic rings. The Morgan fingerprint density at radius 1 is 0.800 bits per heavy atom. The molecule has 0 saturated carbocycles. The molecule has 1 fully saturated rings. The van der Waals surface area contributed by atoms with Gasteiger partial charge in [0.25, 0.3) is 0 Å². The third kappa shape index (κ3) is 12.7. The largest absolute Gasteiger partial charge is 0.504 e. The number of phenolic OH excluding ortho intramolecular Hbond substituents is 3. The van der Waals surface area contributed by atoms with Gasteiger partial charge in [-0.05, 0) is 44.2 Å². The normalized spacial score (nSPS) is 15.3. The Kier molecular flexibility index (Phi) is 14.9. The van der Waals surface area contributed by atoms with Crippen molar-refractivity contribution in [3.05, 3.63) is 17.7 Å². The van der Waals surface area contributed by atoms with E-state index in [1.165, 1.54) is 31.4 Å². The van der Waals surface area contributed by atoms with E-state index in [-0.39, 0.29) is 18.1 Å². The van der Waals surface area contributed by atoms with E-state index in [9.17, 15) is 24.9 Å². The van der Waals surface area contributed by atoms with Gasteiger partial charge < -0.3 is 24.8 Å². The van der Waals surface area contributed by atoms with Crippen LogP contribution in [0.2, 0.25) is 0 Å². The van der Waals surface area contributed by atoms with Crippen LogP contribution >= 0.6 is 21.6 Å². The Hall–Kier alpha value is -1.74. The standard InChI is InChI=1S/C26H40O7S2/c27-22-18-20(19-23(28)25(22)30)26(31)33-16-11-7-5-3-1-2-4-6-10-15-32-24(29)13-9-8-12-21-14-17-34-35-21/h18-19,21,27-28,30H,1-17H2. The summed E-state index contributed by atoms with van der Waals surface area (Å²) in [6.45, 7) is 0.814. The summed E-state index contributed by atoms with van der Waals surface area (Å²) in [4.78, 5) is 23.7. The van der Waals surface area contributed by atoms with Gasteiger partial charge in [-0.3, -0.25) is 4.79 Å². The van der Waals surface area contributed by atoms with E-state index in [0.717, 1.165) is 75.2 Å². The highest BCUT2D eigenvalue weighted by molar-refractivity contribution is 8.77. The summed E-state index contributed by atoms with van der Waals surface area (Å²) in [5.41, 5.74) is 0.000641. The van der Waals surface area contributed by atoms with Gasteiger partial charge in [0.2, 0.25) is 0 Å². The molecule has 0 spiro atoms. The van der Waals surface area contributed by atoms with Crippen molar-refractivity contribution >= 4 is 33.5 Å². The summed E-state index contributed by atoms with van der Waals surface area (Å²) >= 11 is 0. The predicted molar refractivity (Wildman–Crippen MR) is 141 cm³/mol. The van der Waals surface area contributed by atoms with Crippen LogP contribution in [0, 0.1) is 0 Å². The molecule has 0 radical (unpaired) electrons. The van der Waals surface area contributed by atoms with Gasteiger partial charge in [0.1, 0.15) is 0 Å². The lowest BCUT2D eigenvalue weighted by molar-refractivity contribution is -0.143. The molecule has 2 rings (SSSR count). The number of ether oxygens (including phenoxy) is 2. The van der Waals surface area contributed by atoms with Gasteiger partial charge in [0.15, 0.2) is 17.2 Å². The van der Waals surface area contributed by atoms with Crippen LogP contribution < -0.4 is 0 Å². The van der Waals surface area contributed by atoms with Crippen LogP contribution in [-0.4, -0.2) is 51.5 Å².